The van der Waals surface area contributed by atoms with Crippen LogP contribution in [0, 0.1) is 0 Å². The van der Waals surface area contributed by atoms with Gasteiger partial charge in [-0.3, -0.25) is 0 Å². The molecule has 0 N–H and O–H groups in total. The Morgan fingerprint density at radius 3 is 2.86 bits per heavy atom. The van der Waals surface area contributed by atoms with Crippen molar-refractivity contribution in [2.45, 2.75) is 19.9 Å². The van der Waals surface area contributed by atoms with Crippen molar-refractivity contribution in [1.82, 2.24) is 19.7 Å². The zero-order chi connectivity index (χ0) is 10.1. The fraction of sp³-hybridized carbons (Fsp3) is 0.375. The summed E-state index contributed by atoms with van der Waals surface area (Å²) in [5.41, 5.74) is 0.187. The molecule has 0 spiro atoms. The van der Waals surface area contributed by atoms with Gasteiger partial charge in [0.2, 0.25) is 0 Å². The Kier molecular flexibility index (Phi) is 2.11. The highest BCUT2D eigenvalue weighted by Crippen LogP contribution is 2.16. The average Bonchev–Trinajstić information content (AvgIpc) is 2.59. The fourth-order valence-corrected chi connectivity index (χ4v) is 1.18. The van der Waals surface area contributed by atoms with Crippen LogP contribution in [0.5, 0.6) is 0 Å². The predicted molar refractivity (Wildman–Crippen MR) is 46.0 cm³/mol. The van der Waals surface area contributed by atoms with Crippen LogP contribution in [0.15, 0.2) is 12.4 Å². The molecule has 0 fully saturated rings. The lowest BCUT2D eigenvalue weighted by molar-refractivity contribution is 0.0608. The van der Waals surface area contributed by atoms with Gasteiger partial charge in [0.25, 0.3) is 0 Å². The van der Waals surface area contributed by atoms with E-state index in [-0.39, 0.29) is 5.65 Å². The molecule has 14 heavy (non-hydrogen) atoms. The summed E-state index contributed by atoms with van der Waals surface area (Å²) in [5.74, 6) is 0.542. The maximum absolute atomic E-state index is 12.4. The second kappa shape index (κ2) is 3.28. The highest BCUT2D eigenvalue weighted by Gasteiger charge is 2.12. The van der Waals surface area contributed by atoms with E-state index in [2.05, 4.69) is 15.1 Å². The molecule has 0 aliphatic heterocycles. The minimum atomic E-state index is -2.66. The van der Waals surface area contributed by atoms with Crippen molar-refractivity contribution in [1.29, 1.82) is 0 Å². The van der Waals surface area contributed by atoms with E-state index >= 15 is 0 Å². The molecule has 2 aromatic rings. The summed E-state index contributed by atoms with van der Waals surface area (Å²) in [6.07, 6.45) is 3.46. The van der Waals surface area contributed by atoms with E-state index in [1.807, 2.05) is 6.92 Å². The molecular weight excluding hydrogens is 190 g/mol. The molecule has 2 aromatic heterocycles. The van der Waals surface area contributed by atoms with Gasteiger partial charge in [0.1, 0.15) is 5.82 Å². The normalized spacial score (nSPS) is 11.4. The van der Waals surface area contributed by atoms with Crippen molar-refractivity contribution in [3.05, 3.63) is 18.2 Å². The van der Waals surface area contributed by atoms with Crippen molar-refractivity contribution in [2.75, 3.05) is 0 Å². The first-order chi connectivity index (χ1) is 6.72. The Morgan fingerprint density at radius 1 is 1.43 bits per heavy atom. The molecule has 2 heterocycles. The molecule has 0 atom stereocenters. The van der Waals surface area contributed by atoms with E-state index < -0.39 is 6.55 Å². The quantitative estimate of drug-likeness (QED) is 0.738. The Morgan fingerprint density at radius 2 is 2.21 bits per heavy atom. The number of hydrogen-bond donors (Lipinski definition) is 0. The first-order valence-electron chi connectivity index (χ1n) is 4.19. The summed E-state index contributed by atoms with van der Waals surface area (Å²) in [7, 11) is 0. The van der Waals surface area contributed by atoms with Crippen molar-refractivity contribution in [3.8, 4) is 0 Å². The van der Waals surface area contributed by atoms with E-state index in [0.29, 0.717) is 22.3 Å². The van der Waals surface area contributed by atoms with Gasteiger partial charge in [0.05, 0.1) is 11.6 Å². The van der Waals surface area contributed by atoms with Crippen molar-refractivity contribution >= 4 is 11.0 Å². The fourth-order valence-electron chi connectivity index (χ4n) is 1.18. The second-order valence-electron chi connectivity index (χ2n) is 2.79. The van der Waals surface area contributed by atoms with Gasteiger partial charge in [0.15, 0.2) is 5.65 Å². The largest absolute Gasteiger partial charge is 0.335 e. The number of hydrogen-bond acceptors (Lipinski definition) is 3. The summed E-state index contributed by atoms with van der Waals surface area (Å²) >= 11 is 0. The molecule has 0 unspecified atom stereocenters. The molecule has 0 amide bonds. The molecule has 0 saturated carbocycles. The van der Waals surface area contributed by atoms with E-state index in [9.17, 15) is 8.78 Å². The molecule has 2 rings (SSSR count). The van der Waals surface area contributed by atoms with Crippen LogP contribution in [-0.2, 0) is 6.42 Å². The van der Waals surface area contributed by atoms with Crippen LogP contribution in [-0.4, -0.2) is 19.7 Å². The zero-order valence-corrected chi connectivity index (χ0v) is 7.48. The standard InChI is InChI=1S/C8H8F2N4/c1-2-6-11-3-5-4-12-14(8(9)10)7(5)13-6/h3-4,8H,2H2,1H3. The molecule has 0 saturated heterocycles. The van der Waals surface area contributed by atoms with Gasteiger partial charge in [-0.15, -0.1) is 0 Å². The van der Waals surface area contributed by atoms with Crippen LogP contribution >= 0.6 is 0 Å². The number of fused-ring (bicyclic) bond motifs is 1. The van der Waals surface area contributed by atoms with E-state index in [1.54, 1.807) is 0 Å². The van der Waals surface area contributed by atoms with Gasteiger partial charge in [-0.05, 0) is 0 Å². The predicted octanol–water partition coefficient (Wildman–Crippen LogP) is 1.78. The van der Waals surface area contributed by atoms with Crippen LogP contribution in [0.2, 0.25) is 0 Å². The summed E-state index contributed by atoms with van der Waals surface area (Å²) in [4.78, 5) is 7.97. The number of alkyl halides is 2. The van der Waals surface area contributed by atoms with Gasteiger partial charge >= 0.3 is 6.55 Å². The third kappa shape index (κ3) is 1.32. The molecule has 0 aliphatic rings. The molecule has 74 valence electrons. The molecule has 6 heteroatoms. The van der Waals surface area contributed by atoms with Crippen LogP contribution in [0.3, 0.4) is 0 Å². The van der Waals surface area contributed by atoms with Crippen LogP contribution in [0.1, 0.15) is 19.3 Å². The maximum Gasteiger partial charge on any atom is 0.335 e. The summed E-state index contributed by atoms with van der Waals surface area (Å²) in [5, 5.41) is 4.06. The van der Waals surface area contributed by atoms with Crippen LogP contribution in [0.25, 0.3) is 11.0 Å². The van der Waals surface area contributed by atoms with Crippen LogP contribution < -0.4 is 0 Å². The molecule has 0 aromatic carbocycles. The lowest BCUT2D eigenvalue weighted by Gasteiger charge is -2.00. The molecule has 0 aliphatic carbocycles. The van der Waals surface area contributed by atoms with Gasteiger partial charge < -0.3 is 0 Å². The Hall–Kier alpha value is -1.59. The van der Waals surface area contributed by atoms with E-state index in [4.69, 9.17) is 0 Å². The van der Waals surface area contributed by atoms with Gasteiger partial charge in [0, 0.05) is 12.6 Å². The highest BCUT2D eigenvalue weighted by atomic mass is 19.3. The van der Waals surface area contributed by atoms with E-state index in [1.165, 1.54) is 12.4 Å². The van der Waals surface area contributed by atoms with Crippen molar-refractivity contribution in [3.63, 3.8) is 0 Å². The molecule has 0 radical (unpaired) electrons. The van der Waals surface area contributed by atoms with Gasteiger partial charge in [-0.1, -0.05) is 6.92 Å². The maximum atomic E-state index is 12.4. The number of nitrogens with zero attached hydrogens (tertiary/aromatic N) is 4. The Bertz CT molecular complexity index is 452. The summed E-state index contributed by atoms with van der Waals surface area (Å²) in [6, 6.07) is 0. The SMILES string of the molecule is CCc1ncc2cnn(C(F)F)c2n1. The Balaban J connectivity index is 2.63. The lowest BCUT2D eigenvalue weighted by atomic mass is 10.4. The van der Waals surface area contributed by atoms with Crippen molar-refractivity contribution < 1.29 is 8.78 Å². The first kappa shape index (κ1) is 8.98. The monoisotopic (exact) mass is 198 g/mol. The zero-order valence-electron chi connectivity index (χ0n) is 7.48. The minimum Gasteiger partial charge on any atom is -0.241 e. The minimum absolute atomic E-state index is 0.187. The number of rotatable bonds is 2. The highest BCUT2D eigenvalue weighted by molar-refractivity contribution is 5.73. The lowest BCUT2D eigenvalue weighted by Crippen LogP contribution is -2.02. The molecule has 4 nitrogen and oxygen atoms in total. The third-order valence-corrected chi connectivity index (χ3v) is 1.89. The smallest absolute Gasteiger partial charge is 0.241 e. The topological polar surface area (TPSA) is 43.6 Å². The number of halogens is 2. The second-order valence-corrected chi connectivity index (χ2v) is 2.79. The van der Waals surface area contributed by atoms with Crippen molar-refractivity contribution in [2.24, 2.45) is 0 Å². The number of aryl methyl sites for hydroxylation is 1. The summed E-state index contributed by atoms with van der Waals surface area (Å²) < 4.78 is 25.4. The van der Waals surface area contributed by atoms with Crippen LogP contribution in [0.4, 0.5) is 8.78 Å². The summed E-state index contributed by atoms with van der Waals surface area (Å²) in [6.45, 7) is -0.795. The molecular formula is C8H8F2N4. The third-order valence-electron chi connectivity index (χ3n) is 1.89. The average molecular weight is 198 g/mol. The molecule has 0 bridgehead atoms. The Labute approximate surface area is 78.6 Å². The van der Waals surface area contributed by atoms with Gasteiger partial charge in [-0.2, -0.15) is 18.6 Å². The van der Waals surface area contributed by atoms with Gasteiger partial charge in [-0.25, -0.2) is 9.97 Å². The first-order valence-corrected chi connectivity index (χ1v) is 4.19. The number of aromatic nitrogens is 4. The van der Waals surface area contributed by atoms with E-state index in [0.717, 1.165) is 0 Å².